The number of nitrogens with zero attached hydrogens (tertiary/aromatic N) is 1. The van der Waals surface area contributed by atoms with Crippen LogP contribution in [-0.2, 0) is 0 Å². The number of nitriles is 1. The van der Waals surface area contributed by atoms with E-state index in [9.17, 15) is 5.11 Å². The first-order valence-corrected chi connectivity index (χ1v) is 8.95. The van der Waals surface area contributed by atoms with E-state index in [-0.39, 0.29) is 6.61 Å². The van der Waals surface area contributed by atoms with Crippen molar-refractivity contribution in [1.29, 1.82) is 5.26 Å². The summed E-state index contributed by atoms with van der Waals surface area (Å²) < 4.78 is 9.03. The molecule has 6 heteroatoms. The zero-order valence-corrected chi connectivity index (χ0v) is 16.0. The Morgan fingerprint density at radius 1 is 1.27 bits per heavy atom. The van der Waals surface area contributed by atoms with Crippen LogP contribution in [0.1, 0.15) is 19.4 Å². The van der Waals surface area contributed by atoms with Crippen molar-refractivity contribution >= 4 is 28.9 Å². The summed E-state index contributed by atoms with van der Waals surface area (Å²) in [4.78, 5) is 1.01. The summed E-state index contributed by atoms with van der Waals surface area (Å²) in [6.45, 7) is 7.40. The molecule has 136 valence electrons. The molecule has 0 aliphatic rings. The van der Waals surface area contributed by atoms with Crippen LogP contribution < -0.4 is 14.8 Å². The zero-order valence-electron chi connectivity index (χ0n) is 15.2. The highest BCUT2D eigenvalue weighted by Crippen LogP contribution is 2.33. The molecule has 0 saturated heterocycles. The first kappa shape index (κ1) is 19.7. The van der Waals surface area contributed by atoms with Gasteiger partial charge in [0.25, 0.3) is 0 Å². The Morgan fingerprint density at radius 3 is 2.54 bits per heavy atom. The third-order valence-electron chi connectivity index (χ3n) is 3.65. The second-order valence-electron chi connectivity index (χ2n) is 6.26. The van der Waals surface area contributed by atoms with Crippen molar-refractivity contribution in [3.8, 4) is 11.8 Å². The number of ether oxygens (including phenoxy) is 1. The van der Waals surface area contributed by atoms with Gasteiger partial charge in [-0.25, -0.2) is 0 Å². The third-order valence-corrected chi connectivity index (χ3v) is 4.48. The van der Waals surface area contributed by atoms with Gasteiger partial charge in [-0.2, -0.15) is 5.26 Å². The Labute approximate surface area is 158 Å². The summed E-state index contributed by atoms with van der Waals surface area (Å²) in [6, 6.07) is 15.4. The monoisotopic (exact) mass is 369 g/mol. The fourth-order valence-electron chi connectivity index (χ4n) is 2.26. The van der Waals surface area contributed by atoms with Gasteiger partial charge < -0.3 is 19.9 Å². The minimum Gasteiger partial charge on any atom is -0.485 e. The standard InChI is InChI=1S/C20H23N3O2S/c1-14(12-21)17-6-5-7-18(19(17)22-4)23-26-16-10-8-15(9-11-16)25-20(2,3)13-24/h5-11,22-24H,1,13H2,2-4H3. The van der Waals surface area contributed by atoms with Crippen molar-refractivity contribution in [3.63, 3.8) is 0 Å². The van der Waals surface area contributed by atoms with Crippen molar-refractivity contribution < 1.29 is 9.84 Å². The van der Waals surface area contributed by atoms with Crippen molar-refractivity contribution in [3.05, 3.63) is 54.6 Å². The summed E-state index contributed by atoms with van der Waals surface area (Å²) in [6.07, 6.45) is 0. The van der Waals surface area contributed by atoms with Crippen molar-refractivity contribution in [2.75, 3.05) is 23.7 Å². The molecule has 3 N–H and O–H groups in total. The van der Waals surface area contributed by atoms with Crippen LogP contribution in [0.25, 0.3) is 5.57 Å². The van der Waals surface area contributed by atoms with E-state index in [4.69, 9.17) is 10.00 Å². The molecular formula is C20H23N3O2S. The molecule has 0 radical (unpaired) electrons. The lowest BCUT2D eigenvalue weighted by Gasteiger charge is -2.23. The average Bonchev–Trinajstić information content (AvgIpc) is 2.66. The normalized spacial score (nSPS) is 10.7. The number of allylic oxidation sites excluding steroid dienone is 1. The van der Waals surface area contributed by atoms with Gasteiger partial charge in [0.1, 0.15) is 11.4 Å². The summed E-state index contributed by atoms with van der Waals surface area (Å²) in [5.74, 6) is 0.705. The van der Waals surface area contributed by atoms with Crippen LogP contribution >= 0.6 is 11.9 Å². The second-order valence-corrected chi connectivity index (χ2v) is 7.14. The largest absolute Gasteiger partial charge is 0.485 e. The first-order valence-electron chi connectivity index (χ1n) is 8.13. The van der Waals surface area contributed by atoms with E-state index < -0.39 is 5.60 Å². The maximum absolute atomic E-state index is 9.28. The molecule has 0 aromatic heterocycles. The lowest BCUT2D eigenvalue weighted by molar-refractivity contribution is 0.0412. The van der Waals surface area contributed by atoms with Gasteiger partial charge in [0.15, 0.2) is 0 Å². The highest BCUT2D eigenvalue weighted by Gasteiger charge is 2.18. The molecule has 0 heterocycles. The predicted octanol–water partition coefficient (Wildman–Crippen LogP) is 4.53. The summed E-state index contributed by atoms with van der Waals surface area (Å²) in [5.41, 5.74) is 2.27. The average molecular weight is 369 g/mol. The SMILES string of the molecule is C=C(C#N)c1cccc(NSc2ccc(OC(C)(C)CO)cc2)c1NC. The number of aliphatic hydroxyl groups excluding tert-OH is 1. The van der Waals surface area contributed by atoms with Crippen molar-refractivity contribution in [1.82, 2.24) is 0 Å². The molecule has 0 bridgehead atoms. The van der Waals surface area contributed by atoms with E-state index in [0.29, 0.717) is 11.3 Å². The quantitative estimate of drug-likeness (QED) is 0.469. The topological polar surface area (TPSA) is 77.3 Å². The Morgan fingerprint density at radius 2 is 1.96 bits per heavy atom. The van der Waals surface area contributed by atoms with Gasteiger partial charge in [-0.15, -0.1) is 0 Å². The molecule has 0 atom stereocenters. The molecule has 0 saturated carbocycles. The molecule has 26 heavy (non-hydrogen) atoms. The van der Waals surface area contributed by atoms with Gasteiger partial charge in [-0.1, -0.05) is 18.7 Å². The highest BCUT2D eigenvalue weighted by molar-refractivity contribution is 8.00. The number of anilines is 2. The van der Waals surface area contributed by atoms with E-state index in [1.165, 1.54) is 11.9 Å². The Bertz CT molecular complexity index is 811. The van der Waals surface area contributed by atoms with Crippen molar-refractivity contribution in [2.45, 2.75) is 24.3 Å². The minimum atomic E-state index is -0.613. The molecule has 5 nitrogen and oxygen atoms in total. The van der Waals surface area contributed by atoms with Crippen LogP contribution in [0.5, 0.6) is 5.75 Å². The molecule has 0 unspecified atom stereocenters. The van der Waals surface area contributed by atoms with E-state index in [0.717, 1.165) is 21.8 Å². The molecule has 0 aliphatic heterocycles. The smallest absolute Gasteiger partial charge is 0.126 e. The van der Waals surface area contributed by atoms with Crippen LogP contribution in [0.2, 0.25) is 0 Å². The molecule has 2 aromatic rings. The molecular weight excluding hydrogens is 346 g/mol. The number of aliphatic hydroxyl groups is 1. The second kappa shape index (κ2) is 8.65. The summed E-state index contributed by atoms with van der Waals surface area (Å²) in [7, 11) is 1.81. The summed E-state index contributed by atoms with van der Waals surface area (Å²) >= 11 is 1.46. The minimum absolute atomic E-state index is 0.0534. The number of para-hydroxylation sites is 1. The predicted molar refractivity (Wildman–Crippen MR) is 108 cm³/mol. The molecule has 0 amide bonds. The van der Waals surface area contributed by atoms with Gasteiger partial charge in [0.2, 0.25) is 0 Å². The van der Waals surface area contributed by atoms with Gasteiger partial charge >= 0.3 is 0 Å². The van der Waals surface area contributed by atoms with Crippen LogP contribution in [-0.4, -0.2) is 24.4 Å². The fourth-order valence-corrected chi connectivity index (χ4v) is 2.93. The van der Waals surface area contributed by atoms with Gasteiger partial charge in [-0.3, -0.25) is 0 Å². The van der Waals surface area contributed by atoms with Crippen LogP contribution in [0.3, 0.4) is 0 Å². The number of benzene rings is 2. The van der Waals surface area contributed by atoms with Gasteiger partial charge in [0.05, 0.1) is 29.6 Å². The number of hydrogen-bond acceptors (Lipinski definition) is 6. The van der Waals surface area contributed by atoms with Crippen LogP contribution in [0, 0.1) is 11.3 Å². The van der Waals surface area contributed by atoms with Gasteiger partial charge in [0, 0.05) is 17.5 Å². The molecule has 0 spiro atoms. The first-order chi connectivity index (χ1) is 12.4. The maximum Gasteiger partial charge on any atom is 0.126 e. The Balaban J connectivity index is 2.10. The van der Waals surface area contributed by atoms with E-state index >= 15 is 0 Å². The third kappa shape index (κ3) is 4.94. The lowest BCUT2D eigenvalue weighted by atomic mass is 10.1. The molecule has 2 aromatic carbocycles. The zero-order chi connectivity index (χ0) is 19.2. The highest BCUT2D eigenvalue weighted by atomic mass is 32.2. The van der Waals surface area contributed by atoms with Crippen molar-refractivity contribution in [2.24, 2.45) is 0 Å². The van der Waals surface area contributed by atoms with E-state index in [1.54, 1.807) is 0 Å². The molecule has 2 rings (SSSR count). The maximum atomic E-state index is 9.28. The fraction of sp³-hybridized carbons (Fsp3) is 0.250. The van der Waals surface area contributed by atoms with E-state index in [2.05, 4.69) is 22.7 Å². The number of nitrogens with one attached hydrogen (secondary N) is 2. The van der Waals surface area contributed by atoms with E-state index in [1.807, 2.05) is 63.4 Å². The molecule has 0 aliphatic carbocycles. The van der Waals surface area contributed by atoms with Crippen LogP contribution in [0.15, 0.2) is 53.9 Å². The summed E-state index contributed by atoms with van der Waals surface area (Å²) in [5, 5.41) is 21.5. The van der Waals surface area contributed by atoms with Crippen LogP contribution in [0.4, 0.5) is 11.4 Å². The molecule has 0 fully saturated rings. The Kier molecular flexibility index (Phi) is 6.56. The lowest BCUT2D eigenvalue weighted by Crippen LogP contribution is -2.32. The van der Waals surface area contributed by atoms with Gasteiger partial charge in [-0.05, 0) is 56.1 Å². The number of rotatable bonds is 8. The Hall–Kier alpha value is -2.62. The number of hydrogen-bond donors (Lipinski definition) is 3.